The van der Waals surface area contributed by atoms with Crippen LogP contribution in [0.25, 0.3) is 0 Å². The van der Waals surface area contributed by atoms with Crippen LogP contribution >= 0.6 is 0 Å². The molecule has 0 spiro atoms. The minimum atomic E-state index is -0.508. The minimum absolute atomic E-state index is 0.0590. The van der Waals surface area contributed by atoms with E-state index >= 15 is 0 Å². The monoisotopic (exact) mass is 474 g/mol. The first-order valence-corrected chi connectivity index (χ1v) is 12.1. The molecule has 1 heterocycles. The van der Waals surface area contributed by atoms with Gasteiger partial charge in [-0.2, -0.15) is 0 Å². The van der Waals surface area contributed by atoms with E-state index in [4.69, 9.17) is 14.6 Å². The number of aliphatic hydroxyl groups excluding tert-OH is 1. The molecule has 1 aliphatic heterocycles. The summed E-state index contributed by atoms with van der Waals surface area (Å²) in [6.07, 6.45) is 6.99. The second-order valence-corrected chi connectivity index (χ2v) is 8.60. The molecule has 3 atom stereocenters. The number of benzene rings is 1. The number of carbonyl (C=O) groups excluding carboxylic acids is 3. The summed E-state index contributed by atoms with van der Waals surface area (Å²) >= 11 is 0. The molecule has 0 fully saturated rings. The van der Waals surface area contributed by atoms with E-state index in [-0.39, 0.29) is 49.9 Å². The smallest absolute Gasteiger partial charge is 0.309 e. The molecule has 8 heteroatoms. The van der Waals surface area contributed by atoms with E-state index in [0.717, 1.165) is 24.8 Å². The van der Waals surface area contributed by atoms with Crippen LogP contribution in [0.5, 0.6) is 0 Å². The Morgan fingerprint density at radius 3 is 2.74 bits per heavy atom. The molecule has 0 unspecified atom stereocenters. The van der Waals surface area contributed by atoms with E-state index in [1.165, 1.54) is 0 Å². The van der Waals surface area contributed by atoms with Crippen molar-refractivity contribution in [2.24, 2.45) is 11.8 Å². The van der Waals surface area contributed by atoms with Crippen molar-refractivity contribution >= 4 is 17.8 Å². The Bertz CT molecular complexity index is 783. The summed E-state index contributed by atoms with van der Waals surface area (Å²) in [7, 11) is 0. The van der Waals surface area contributed by atoms with Crippen LogP contribution in [0, 0.1) is 11.8 Å². The van der Waals surface area contributed by atoms with Gasteiger partial charge in [0.05, 0.1) is 38.2 Å². The molecule has 8 nitrogen and oxygen atoms in total. The molecule has 0 radical (unpaired) electrons. The predicted molar refractivity (Wildman–Crippen MR) is 129 cm³/mol. The average molecular weight is 475 g/mol. The number of nitrogens with one attached hydrogen (secondary N) is 2. The molecule has 188 valence electrons. The number of allylic oxidation sites excluding steroid dienone is 2. The van der Waals surface area contributed by atoms with E-state index in [1.807, 2.05) is 42.5 Å². The third-order valence-electron chi connectivity index (χ3n) is 5.66. The molecule has 0 aliphatic carbocycles. The first-order chi connectivity index (χ1) is 16.5. The molecule has 2 amide bonds. The van der Waals surface area contributed by atoms with Crippen molar-refractivity contribution < 1.29 is 29.0 Å². The van der Waals surface area contributed by atoms with Gasteiger partial charge in [0.1, 0.15) is 6.10 Å². The minimum Gasteiger partial charge on any atom is -0.461 e. The Hall–Kier alpha value is -2.71. The Kier molecular flexibility index (Phi) is 13.0. The van der Waals surface area contributed by atoms with Crippen LogP contribution in [-0.4, -0.2) is 61.9 Å². The number of rotatable bonds is 9. The summed E-state index contributed by atoms with van der Waals surface area (Å²) < 4.78 is 10.8. The quantitative estimate of drug-likeness (QED) is 0.287. The lowest BCUT2D eigenvalue weighted by Gasteiger charge is -2.22. The highest BCUT2D eigenvalue weighted by Crippen LogP contribution is 2.19. The lowest BCUT2D eigenvalue weighted by molar-refractivity contribution is -0.153. The number of carbonyl (C=O) groups is 3. The molecule has 0 saturated carbocycles. The summed E-state index contributed by atoms with van der Waals surface area (Å²) in [5.74, 6) is -1.45. The third kappa shape index (κ3) is 10.9. The molecule has 1 aromatic rings. The summed E-state index contributed by atoms with van der Waals surface area (Å²) in [4.78, 5) is 37.8. The highest BCUT2D eigenvalue weighted by Gasteiger charge is 2.25. The lowest BCUT2D eigenvalue weighted by Crippen LogP contribution is -2.40. The van der Waals surface area contributed by atoms with Crippen LogP contribution in [0.2, 0.25) is 0 Å². The molecular weight excluding hydrogens is 436 g/mol. The van der Waals surface area contributed by atoms with Gasteiger partial charge in [-0.15, -0.1) is 0 Å². The van der Waals surface area contributed by atoms with Crippen molar-refractivity contribution in [3.8, 4) is 0 Å². The number of ether oxygens (including phenoxy) is 2. The van der Waals surface area contributed by atoms with E-state index in [2.05, 4.69) is 10.6 Å². The SMILES string of the molecule is C[C@H]1CNC(=O)[C@@H](CC(=O)NCCOCCO)CC=CCCC[C@H](Cc2ccccc2)C(=O)O1. The van der Waals surface area contributed by atoms with Crippen LogP contribution in [0.1, 0.15) is 44.6 Å². The maximum absolute atomic E-state index is 12.8. The van der Waals surface area contributed by atoms with E-state index < -0.39 is 12.0 Å². The molecule has 1 aliphatic rings. The van der Waals surface area contributed by atoms with Gasteiger partial charge in [0.25, 0.3) is 0 Å². The standard InChI is InChI=1S/C26H38N2O6/c1-20-19-28-25(31)22(18-24(30)27-13-15-33-16-14-29)11-7-2-3-8-12-23(26(32)34-20)17-21-9-5-4-6-10-21/h2,4-7,9-10,20,22-23,29H,3,8,11-19H2,1H3,(H,27,30)(H,28,31)/t20-,22+,23+/m0/s1. The zero-order chi connectivity index (χ0) is 24.6. The van der Waals surface area contributed by atoms with Crippen LogP contribution < -0.4 is 10.6 Å². The van der Waals surface area contributed by atoms with Gasteiger partial charge in [0, 0.05) is 13.0 Å². The van der Waals surface area contributed by atoms with Crippen molar-refractivity contribution in [2.75, 3.05) is 32.9 Å². The number of esters is 1. The van der Waals surface area contributed by atoms with Crippen LogP contribution in [-0.2, 0) is 30.3 Å². The molecule has 34 heavy (non-hydrogen) atoms. The van der Waals surface area contributed by atoms with Gasteiger partial charge in [-0.25, -0.2) is 0 Å². The van der Waals surface area contributed by atoms with Crippen molar-refractivity contribution in [1.82, 2.24) is 10.6 Å². The molecule has 2 rings (SSSR count). The average Bonchev–Trinajstić information content (AvgIpc) is 2.83. The first kappa shape index (κ1) is 27.5. The van der Waals surface area contributed by atoms with Gasteiger partial charge >= 0.3 is 5.97 Å². The van der Waals surface area contributed by atoms with E-state index in [1.54, 1.807) is 6.92 Å². The highest BCUT2D eigenvalue weighted by atomic mass is 16.5. The van der Waals surface area contributed by atoms with E-state index in [9.17, 15) is 14.4 Å². The van der Waals surface area contributed by atoms with Crippen LogP contribution in [0.4, 0.5) is 0 Å². The first-order valence-electron chi connectivity index (χ1n) is 12.1. The summed E-state index contributed by atoms with van der Waals surface area (Å²) in [5, 5.41) is 14.3. The molecular formula is C26H38N2O6. The molecule has 3 N–H and O–H groups in total. The predicted octanol–water partition coefficient (Wildman–Crippen LogP) is 2.15. The molecule has 0 bridgehead atoms. The molecule has 0 saturated heterocycles. The van der Waals surface area contributed by atoms with E-state index in [0.29, 0.717) is 26.0 Å². The maximum Gasteiger partial charge on any atom is 0.309 e. The largest absolute Gasteiger partial charge is 0.461 e. The number of hydrogen-bond donors (Lipinski definition) is 3. The number of cyclic esters (lactones) is 1. The number of hydrogen-bond acceptors (Lipinski definition) is 6. The fraction of sp³-hybridized carbons (Fsp3) is 0.577. The normalized spacial score (nSPS) is 22.4. The summed E-state index contributed by atoms with van der Waals surface area (Å²) in [6, 6.07) is 9.91. The van der Waals surface area contributed by atoms with Gasteiger partial charge in [-0.1, -0.05) is 42.5 Å². The number of aliphatic hydroxyl groups is 1. The second kappa shape index (κ2) is 16.0. The van der Waals surface area contributed by atoms with Gasteiger partial charge in [0.2, 0.25) is 11.8 Å². The topological polar surface area (TPSA) is 114 Å². The van der Waals surface area contributed by atoms with Gasteiger partial charge < -0.3 is 25.2 Å². The zero-order valence-electron chi connectivity index (χ0n) is 20.0. The lowest BCUT2D eigenvalue weighted by atomic mass is 9.93. The fourth-order valence-electron chi connectivity index (χ4n) is 3.80. The molecule has 1 aromatic carbocycles. The maximum atomic E-state index is 12.8. The van der Waals surface area contributed by atoms with Crippen molar-refractivity contribution in [3.05, 3.63) is 48.0 Å². The van der Waals surface area contributed by atoms with Gasteiger partial charge in [0.15, 0.2) is 0 Å². The summed E-state index contributed by atoms with van der Waals surface area (Å²) in [6.45, 7) is 2.74. The zero-order valence-corrected chi connectivity index (χ0v) is 20.0. The Labute approximate surface area is 202 Å². The Morgan fingerprint density at radius 2 is 1.97 bits per heavy atom. The molecule has 0 aromatic heterocycles. The number of amides is 2. The fourth-order valence-corrected chi connectivity index (χ4v) is 3.80. The Balaban J connectivity index is 1.93. The van der Waals surface area contributed by atoms with Crippen LogP contribution in [0.3, 0.4) is 0 Å². The summed E-state index contributed by atoms with van der Waals surface area (Å²) in [5.41, 5.74) is 1.10. The third-order valence-corrected chi connectivity index (χ3v) is 5.66. The van der Waals surface area contributed by atoms with Gasteiger partial charge in [-0.05, 0) is 44.6 Å². The van der Waals surface area contributed by atoms with Crippen molar-refractivity contribution in [1.29, 1.82) is 0 Å². The van der Waals surface area contributed by atoms with Gasteiger partial charge in [-0.3, -0.25) is 14.4 Å². The van der Waals surface area contributed by atoms with Crippen LogP contribution in [0.15, 0.2) is 42.5 Å². The second-order valence-electron chi connectivity index (χ2n) is 8.60. The van der Waals surface area contributed by atoms with Crippen molar-refractivity contribution in [2.45, 2.75) is 51.6 Å². The Morgan fingerprint density at radius 1 is 1.18 bits per heavy atom. The van der Waals surface area contributed by atoms with Crippen molar-refractivity contribution in [3.63, 3.8) is 0 Å². The highest BCUT2D eigenvalue weighted by molar-refractivity contribution is 5.86.